The van der Waals surface area contributed by atoms with Crippen LogP contribution in [0.15, 0.2) is 5.51 Å². The highest BCUT2D eigenvalue weighted by Crippen LogP contribution is 2.32. The van der Waals surface area contributed by atoms with E-state index >= 15 is 0 Å². The van der Waals surface area contributed by atoms with E-state index in [2.05, 4.69) is 4.98 Å². The summed E-state index contributed by atoms with van der Waals surface area (Å²) in [7, 11) is 0. The summed E-state index contributed by atoms with van der Waals surface area (Å²) in [6.07, 6.45) is -3.90. The third-order valence-corrected chi connectivity index (χ3v) is 2.21. The van der Waals surface area contributed by atoms with Gasteiger partial charge in [-0.1, -0.05) is 6.92 Å². The van der Waals surface area contributed by atoms with Crippen LogP contribution in [0.3, 0.4) is 0 Å². The monoisotopic (exact) mass is 181 g/mol. The molecule has 0 radical (unpaired) electrons. The van der Waals surface area contributed by atoms with Gasteiger partial charge in [-0.2, -0.15) is 13.2 Å². The molecule has 0 saturated carbocycles. The topological polar surface area (TPSA) is 12.9 Å². The Kier molecular flexibility index (Phi) is 2.17. The molecule has 1 heterocycles. The molecular formula is C6H6F3NS. The van der Waals surface area contributed by atoms with Crippen molar-refractivity contribution in [2.24, 2.45) is 0 Å². The molecule has 1 rings (SSSR count). The zero-order valence-electron chi connectivity index (χ0n) is 5.77. The molecular weight excluding hydrogens is 175 g/mol. The molecule has 0 spiro atoms. The Labute approximate surface area is 65.9 Å². The largest absolute Gasteiger partial charge is 0.434 e. The van der Waals surface area contributed by atoms with E-state index in [1.54, 1.807) is 6.92 Å². The summed E-state index contributed by atoms with van der Waals surface area (Å²) in [5.74, 6) is 0. The Balaban J connectivity index is 3.02. The Morgan fingerprint density at radius 3 is 2.55 bits per heavy atom. The van der Waals surface area contributed by atoms with Crippen LogP contribution in [0.2, 0.25) is 0 Å². The Hall–Kier alpha value is -0.580. The van der Waals surface area contributed by atoms with Crippen LogP contribution in [-0.2, 0) is 12.6 Å². The number of thiazole rings is 1. The molecule has 1 nitrogen and oxygen atoms in total. The molecule has 0 aromatic carbocycles. The first-order valence-electron chi connectivity index (χ1n) is 3.05. The highest BCUT2D eigenvalue weighted by Gasteiger charge is 2.35. The molecule has 0 fully saturated rings. The van der Waals surface area contributed by atoms with Crippen LogP contribution in [0.25, 0.3) is 0 Å². The first kappa shape index (κ1) is 8.52. The van der Waals surface area contributed by atoms with Crippen molar-refractivity contribution in [1.82, 2.24) is 4.98 Å². The third kappa shape index (κ3) is 1.71. The number of hydrogen-bond donors (Lipinski definition) is 0. The maximum atomic E-state index is 12.0. The fraction of sp³-hybridized carbons (Fsp3) is 0.500. The van der Waals surface area contributed by atoms with Crippen molar-refractivity contribution < 1.29 is 13.2 Å². The van der Waals surface area contributed by atoms with Gasteiger partial charge in [0.2, 0.25) is 0 Å². The second kappa shape index (κ2) is 2.81. The van der Waals surface area contributed by atoms with Gasteiger partial charge in [-0.3, -0.25) is 0 Å². The number of aromatic nitrogens is 1. The normalized spacial score (nSPS) is 12.0. The fourth-order valence-corrected chi connectivity index (χ4v) is 1.48. The lowest BCUT2D eigenvalue weighted by molar-refractivity contribution is -0.141. The van der Waals surface area contributed by atoms with E-state index in [0.717, 1.165) is 11.3 Å². The Morgan fingerprint density at radius 1 is 1.55 bits per heavy atom. The van der Waals surface area contributed by atoms with E-state index in [1.165, 1.54) is 5.51 Å². The minimum atomic E-state index is -4.29. The fourth-order valence-electron chi connectivity index (χ4n) is 0.753. The van der Waals surface area contributed by atoms with E-state index in [4.69, 9.17) is 0 Å². The minimum Gasteiger partial charge on any atom is -0.240 e. The molecule has 0 amide bonds. The second-order valence-corrected chi connectivity index (χ2v) is 2.91. The summed E-state index contributed by atoms with van der Waals surface area (Å²) < 4.78 is 36.0. The number of nitrogens with zero attached hydrogens (tertiary/aromatic N) is 1. The van der Waals surface area contributed by atoms with Gasteiger partial charge in [0.25, 0.3) is 0 Å². The number of halogens is 3. The van der Waals surface area contributed by atoms with Crippen LogP contribution in [0.5, 0.6) is 0 Å². The average Bonchev–Trinajstić information content (AvgIpc) is 2.31. The maximum absolute atomic E-state index is 12.0. The summed E-state index contributed by atoms with van der Waals surface area (Å²) in [4.78, 5) is 3.56. The van der Waals surface area contributed by atoms with Gasteiger partial charge >= 0.3 is 6.18 Å². The van der Waals surface area contributed by atoms with Crippen molar-refractivity contribution in [1.29, 1.82) is 0 Å². The predicted molar refractivity (Wildman–Crippen MR) is 36.5 cm³/mol. The van der Waals surface area contributed by atoms with Gasteiger partial charge in [-0.15, -0.1) is 11.3 Å². The maximum Gasteiger partial charge on any atom is 0.434 e. The molecule has 0 bridgehead atoms. The van der Waals surface area contributed by atoms with Gasteiger partial charge in [-0.05, 0) is 6.42 Å². The number of aryl methyl sites for hydroxylation is 1. The SMILES string of the molecule is CCc1scnc1C(F)(F)F. The first-order valence-corrected chi connectivity index (χ1v) is 3.93. The van der Waals surface area contributed by atoms with Gasteiger partial charge in [0.1, 0.15) is 0 Å². The van der Waals surface area contributed by atoms with Crippen LogP contribution in [0, 0.1) is 0 Å². The molecule has 5 heteroatoms. The summed E-state index contributed by atoms with van der Waals surface area (Å²) in [6.45, 7) is 1.68. The minimum absolute atomic E-state index is 0.303. The van der Waals surface area contributed by atoms with Crippen LogP contribution < -0.4 is 0 Å². The molecule has 1 aromatic rings. The van der Waals surface area contributed by atoms with E-state index < -0.39 is 11.9 Å². The first-order chi connectivity index (χ1) is 5.05. The van der Waals surface area contributed by atoms with Gasteiger partial charge in [0.05, 0.1) is 5.51 Å². The highest BCUT2D eigenvalue weighted by atomic mass is 32.1. The molecule has 0 atom stereocenters. The zero-order chi connectivity index (χ0) is 8.48. The average molecular weight is 181 g/mol. The number of rotatable bonds is 1. The van der Waals surface area contributed by atoms with E-state index in [-0.39, 0.29) is 0 Å². The third-order valence-electron chi connectivity index (χ3n) is 1.23. The number of alkyl halides is 3. The van der Waals surface area contributed by atoms with Crippen molar-refractivity contribution in [3.8, 4) is 0 Å². The lowest BCUT2D eigenvalue weighted by Gasteiger charge is -2.03. The molecule has 0 aliphatic carbocycles. The number of hydrogen-bond acceptors (Lipinski definition) is 2. The van der Waals surface area contributed by atoms with E-state index in [9.17, 15) is 13.2 Å². The van der Waals surface area contributed by atoms with Crippen molar-refractivity contribution in [2.75, 3.05) is 0 Å². The summed E-state index contributed by atoms with van der Waals surface area (Å²) >= 11 is 1.05. The van der Waals surface area contributed by atoms with Crippen molar-refractivity contribution in [3.63, 3.8) is 0 Å². The molecule has 62 valence electrons. The van der Waals surface area contributed by atoms with Crippen LogP contribution >= 0.6 is 11.3 Å². The zero-order valence-corrected chi connectivity index (χ0v) is 6.59. The second-order valence-electron chi connectivity index (χ2n) is 1.98. The van der Waals surface area contributed by atoms with Crippen LogP contribution in [0.4, 0.5) is 13.2 Å². The van der Waals surface area contributed by atoms with Crippen molar-refractivity contribution in [3.05, 3.63) is 16.1 Å². The molecule has 0 aliphatic heterocycles. The van der Waals surface area contributed by atoms with E-state index in [0.29, 0.717) is 11.3 Å². The van der Waals surface area contributed by atoms with Gasteiger partial charge in [0.15, 0.2) is 5.69 Å². The molecule has 0 N–H and O–H groups in total. The summed E-state index contributed by atoms with van der Waals surface area (Å²) in [5, 5.41) is 0. The predicted octanol–water partition coefficient (Wildman–Crippen LogP) is 2.72. The molecule has 11 heavy (non-hydrogen) atoms. The smallest absolute Gasteiger partial charge is 0.240 e. The highest BCUT2D eigenvalue weighted by molar-refractivity contribution is 7.09. The lowest BCUT2D eigenvalue weighted by Crippen LogP contribution is -2.07. The van der Waals surface area contributed by atoms with Crippen molar-refractivity contribution >= 4 is 11.3 Å². The molecule has 0 saturated heterocycles. The van der Waals surface area contributed by atoms with Gasteiger partial charge in [0, 0.05) is 4.88 Å². The van der Waals surface area contributed by atoms with Crippen LogP contribution in [0.1, 0.15) is 17.5 Å². The summed E-state index contributed by atoms with van der Waals surface area (Å²) in [5.41, 5.74) is 0.492. The van der Waals surface area contributed by atoms with E-state index in [1.807, 2.05) is 0 Å². The van der Waals surface area contributed by atoms with Crippen LogP contribution in [-0.4, -0.2) is 4.98 Å². The summed E-state index contributed by atoms with van der Waals surface area (Å²) in [6, 6.07) is 0. The quantitative estimate of drug-likeness (QED) is 0.649. The molecule has 0 unspecified atom stereocenters. The Morgan fingerprint density at radius 2 is 2.18 bits per heavy atom. The molecule has 1 aromatic heterocycles. The molecule has 0 aliphatic rings. The van der Waals surface area contributed by atoms with Gasteiger partial charge in [-0.25, -0.2) is 4.98 Å². The Bertz CT molecular complexity index is 240. The lowest BCUT2D eigenvalue weighted by atomic mass is 10.3. The standard InChI is InChI=1S/C6H6F3NS/c1-2-4-5(6(7,8)9)10-3-11-4/h3H,2H2,1H3. The van der Waals surface area contributed by atoms with Crippen molar-refractivity contribution in [2.45, 2.75) is 19.5 Å². The van der Waals surface area contributed by atoms with Gasteiger partial charge < -0.3 is 0 Å².